The zero-order valence-electron chi connectivity index (χ0n) is 18.8. The Kier molecular flexibility index (Phi) is 8.15. The summed E-state index contributed by atoms with van der Waals surface area (Å²) in [4.78, 5) is 24.4. The standard InChI is InChI=1S/C23H26Cl2N2O6/c1-26-16-8-6-13-14(10-17(16)28)15(27-23(29)33-11-19(24)25)7-5-12-9-18(30-2)21(31-3)22(32-4)20(12)13/h6,8-10,15,19H,5,7,11H2,1-4H3,(H,26,28)(H,27,29)/t15-/m0/s1. The number of methoxy groups -OCH3 is 3. The maximum absolute atomic E-state index is 12.9. The van der Waals surface area contributed by atoms with E-state index in [1.165, 1.54) is 13.2 Å². The Balaban J connectivity index is 2.24. The molecule has 0 unspecified atom stereocenters. The van der Waals surface area contributed by atoms with Gasteiger partial charge in [-0.3, -0.25) is 4.79 Å². The van der Waals surface area contributed by atoms with E-state index in [4.69, 9.17) is 42.1 Å². The molecule has 0 spiro atoms. The molecule has 178 valence electrons. The molecule has 2 aromatic carbocycles. The molecule has 1 aliphatic rings. The fraction of sp³-hybridized carbons (Fsp3) is 0.391. The average molecular weight is 497 g/mol. The molecule has 0 saturated heterocycles. The summed E-state index contributed by atoms with van der Waals surface area (Å²) in [6, 6.07) is 6.41. The first-order valence-corrected chi connectivity index (χ1v) is 11.1. The van der Waals surface area contributed by atoms with Crippen LogP contribution in [0.4, 0.5) is 10.5 Å². The molecule has 0 aliphatic heterocycles. The highest BCUT2D eigenvalue weighted by molar-refractivity contribution is 6.44. The van der Waals surface area contributed by atoms with Crippen molar-refractivity contribution in [2.45, 2.75) is 23.7 Å². The van der Waals surface area contributed by atoms with Crippen molar-refractivity contribution in [2.75, 3.05) is 40.3 Å². The van der Waals surface area contributed by atoms with Gasteiger partial charge in [0.25, 0.3) is 0 Å². The molecular weight excluding hydrogens is 471 g/mol. The van der Waals surface area contributed by atoms with Gasteiger partial charge in [0.05, 0.1) is 33.1 Å². The maximum Gasteiger partial charge on any atom is 0.407 e. The average Bonchev–Trinajstić information content (AvgIpc) is 3.05. The van der Waals surface area contributed by atoms with E-state index in [9.17, 15) is 9.59 Å². The third kappa shape index (κ3) is 5.23. The summed E-state index contributed by atoms with van der Waals surface area (Å²) in [5.41, 5.74) is 3.23. The molecule has 1 aliphatic carbocycles. The van der Waals surface area contributed by atoms with Gasteiger partial charge in [0, 0.05) is 12.6 Å². The molecule has 0 aromatic heterocycles. The van der Waals surface area contributed by atoms with Gasteiger partial charge in [0.1, 0.15) is 11.4 Å². The summed E-state index contributed by atoms with van der Waals surface area (Å²) in [5, 5.41) is 5.74. The molecule has 1 amide bonds. The minimum absolute atomic E-state index is 0.157. The van der Waals surface area contributed by atoms with Gasteiger partial charge < -0.3 is 29.6 Å². The number of alkyl halides is 2. The number of benzene rings is 1. The Morgan fingerprint density at radius 1 is 1.12 bits per heavy atom. The predicted octanol–water partition coefficient (Wildman–Crippen LogP) is 4.30. The number of aryl methyl sites for hydroxylation is 1. The van der Waals surface area contributed by atoms with E-state index in [1.54, 1.807) is 27.3 Å². The van der Waals surface area contributed by atoms with Gasteiger partial charge in [-0.1, -0.05) is 6.07 Å². The largest absolute Gasteiger partial charge is 0.493 e. The summed E-state index contributed by atoms with van der Waals surface area (Å²) in [7, 11) is 6.31. The first-order chi connectivity index (χ1) is 15.8. The number of halogens is 2. The van der Waals surface area contributed by atoms with Crippen LogP contribution in [-0.2, 0) is 11.2 Å². The summed E-state index contributed by atoms with van der Waals surface area (Å²) < 4.78 is 21.9. The van der Waals surface area contributed by atoms with Crippen LogP contribution in [-0.4, -0.2) is 45.9 Å². The molecule has 0 saturated carbocycles. The molecular formula is C23H26Cl2N2O6. The first-order valence-electron chi connectivity index (χ1n) is 10.2. The lowest BCUT2D eigenvalue weighted by atomic mass is 9.95. The Bertz CT molecular complexity index is 1090. The number of carbonyl (C=O) groups is 1. The van der Waals surface area contributed by atoms with E-state index in [1.807, 2.05) is 12.1 Å². The van der Waals surface area contributed by atoms with Crippen molar-refractivity contribution in [3.63, 3.8) is 0 Å². The quantitative estimate of drug-likeness (QED) is 0.551. The zero-order valence-corrected chi connectivity index (χ0v) is 20.3. The van der Waals surface area contributed by atoms with Crippen LogP contribution in [0.25, 0.3) is 11.1 Å². The Morgan fingerprint density at radius 3 is 2.45 bits per heavy atom. The molecule has 10 heteroatoms. The van der Waals surface area contributed by atoms with Crippen LogP contribution in [0.5, 0.6) is 17.2 Å². The molecule has 2 aromatic rings. The van der Waals surface area contributed by atoms with E-state index in [0.717, 1.165) is 16.7 Å². The van der Waals surface area contributed by atoms with Gasteiger partial charge in [-0.25, -0.2) is 4.79 Å². The normalized spacial score (nSPS) is 14.5. The Hall–Kier alpha value is -2.84. The van der Waals surface area contributed by atoms with Gasteiger partial charge in [-0.05, 0) is 47.7 Å². The van der Waals surface area contributed by atoms with Crippen molar-refractivity contribution in [3.05, 3.63) is 45.6 Å². The topological polar surface area (TPSA) is 95.1 Å². The monoisotopic (exact) mass is 496 g/mol. The lowest BCUT2D eigenvalue weighted by molar-refractivity contribution is 0.146. The van der Waals surface area contributed by atoms with Crippen LogP contribution in [0, 0.1) is 0 Å². The molecule has 2 N–H and O–H groups in total. The highest BCUT2D eigenvalue weighted by Crippen LogP contribution is 2.50. The number of nitrogens with one attached hydrogen (secondary N) is 2. The third-order valence-corrected chi connectivity index (χ3v) is 5.69. The maximum atomic E-state index is 12.9. The van der Waals surface area contributed by atoms with Crippen molar-refractivity contribution < 1.29 is 23.7 Å². The number of anilines is 1. The number of hydrogen-bond donors (Lipinski definition) is 2. The molecule has 0 heterocycles. The number of ether oxygens (including phenoxy) is 4. The van der Waals surface area contributed by atoms with Crippen molar-refractivity contribution in [2.24, 2.45) is 0 Å². The van der Waals surface area contributed by atoms with E-state index < -0.39 is 17.0 Å². The lowest BCUT2D eigenvalue weighted by Gasteiger charge is -2.20. The van der Waals surface area contributed by atoms with Crippen molar-refractivity contribution in [1.29, 1.82) is 0 Å². The molecule has 0 radical (unpaired) electrons. The second kappa shape index (κ2) is 10.9. The minimum Gasteiger partial charge on any atom is -0.493 e. The smallest absolute Gasteiger partial charge is 0.407 e. The van der Waals surface area contributed by atoms with Crippen LogP contribution >= 0.6 is 23.2 Å². The fourth-order valence-electron chi connectivity index (χ4n) is 3.99. The van der Waals surface area contributed by atoms with E-state index in [2.05, 4.69) is 10.6 Å². The molecule has 8 nitrogen and oxygen atoms in total. The third-order valence-electron chi connectivity index (χ3n) is 5.44. The number of amides is 1. The van der Waals surface area contributed by atoms with Crippen LogP contribution in [0.3, 0.4) is 0 Å². The molecule has 3 rings (SSSR count). The van der Waals surface area contributed by atoms with Gasteiger partial charge >= 0.3 is 6.09 Å². The van der Waals surface area contributed by atoms with E-state index in [0.29, 0.717) is 41.3 Å². The van der Waals surface area contributed by atoms with Gasteiger partial charge in [0.15, 0.2) is 11.5 Å². The minimum atomic E-state index is -0.838. The molecule has 0 bridgehead atoms. The molecule has 33 heavy (non-hydrogen) atoms. The van der Waals surface area contributed by atoms with E-state index >= 15 is 0 Å². The van der Waals surface area contributed by atoms with Crippen LogP contribution in [0.2, 0.25) is 0 Å². The number of carbonyl (C=O) groups excluding carboxylic acids is 1. The van der Waals surface area contributed by atoms with E-state index in [-0.39, 0.29) is 12.0 Å². The summed E-state index contributed by atoms with van der Waals surface area (Å²) in [6.07, 6.45) is 0.381. The van der Waals surface area contributed by atoms with Crippen molar-refractivity contribution >= 4 is 35.0 Å². The predicted molar refractivity (Wildman–Crippen MR) is 128 cm³/mol. The second-order valence-corrected chi connectivity index (χ2v) is 8.56. The Labute approximate surface area is 202 Å². The second-order valence-electron chi connectivity index (χ2n) is 7.28. The molecule has 0 fully saturated rings. The summed E-state index contributed by atoms with van der Waals surface area (Å²) in [6.45, 7) is -0.157. The fourth-order valence-corrected chi connectivity index (χ4v) is 4.12. The highest BCUT2D eigenvalue weighted by Gasteiger charge is 2.30. The van der Waals surface area contributed by atoms with Crippen molar-refractivity contribution in [1.82, 2.24) is 5.32 Å². The number of hydrogen-bond acceptors (Lipinski definition) is 7. The van der Waals surface area contributed by atoms with Crippen molar-refractivity contribution in [3.8, 4) is 28.4 Å². The molecule has 1 atom stereocenters. The SMILES string of the molecule is CNc1ccc2c(cc1=O)[C@@H](NC(=O)OCC(Cl)Cl)CCc1cc(OC)c(OC)c(OC)c1-2. The van der Waals surface area contributed by atoms with Crippen LogP contribution in [0.1, 0.15) is 23.6 Å². The lowest BCUT2D eigenvalue weighted by Crippen LogP contribution is -2.30. The highest BCUT2D eigenvalue weighted by atomic mass is 35.5. The summed E-state index contributed by atoms with van der Waals surface area (Å²) in [5.74, 6) is 1.44. The zero-order chi connectivity index (χ0) is 24.1. The summed E-state index contributed by atoms with van der Waals surface area (Å²) >= 11 is 11.3. The van der Waals surface area contributed by atoms with Gasteiger partial charge in [-0.2, -0.15) is 0 Å². The van der Waals surface area contributed by atoms with Crippen LogP contribution < -0.4 is 30.3 Å². The number of fused-ring (bicyclic) bond motifs is 3. The number of rotatable bonds is 7. The Morgan fingerprint density at radius 2 is 1.85 bits per heavy atom. The van der Waals surface area contributed by atoms with Crippen LogP contribution in [0.15, 0.2) is 29.1 Å². The first kappa shape index (κ1) is 24.8. The number of alkyl carbamates (subject to hydrolysis) is 1. The van der Waals surface area contributed by atoms with Gasteiger partial charge in [0.2, 0.25) is 11.2 Å². The van der Waals surface area contributed by atoms with Gasteiger partial charge in [-0.15, -0.1) is 23.2 Å².